The number of para-hydroxylation sites is 1. The second-order valence-electron chi connectivity index (χ2n) is 4.70. The van der Waals surface area contributed by atoms with E-state index in [9.17, 15) is 4.79 Å². The molecule has 0 spiro atoms. The molecule has 1 aromatic heterocycles. The minimum absolute atomic E-state index is 0.0238. The lowest BCUT2D eigenvalue weighted by molar-refractivity contribution is 0.0981. The summed E-state index contributed by atoms with van der Waals surface area (Å²) in [5, 5.41) is 5.22. The van der Waals surface area contributed by atoms with Crippen LogP contribution in [-0.2, 0) is 6.54 Å². The van der Waals surface area contributed by atoms with Crippen LogP contribution in [0.15, 0.2) is 35.2 Å². The van der Waals surface area contributed by atoms with E-state index in [1.807, 2.05) is 23.1 Å². The van der Waals surface area contributed by atoms with Gasteiger partial charge < -0.3 is 10.2 Å². The van der Waals surface area contributed by atoms with Crippen molar-refractivity contribution in [2.75, 3.05) is 11.4 Å². The molecule has 0 fully saturated rings. The average molecular weight is 273 g/mol. The number of rotatable bonds is 1. The number of benzene rings is 1. The smallest absolute Gasteiger partial charge is 0.277 e. The molecular weight excluding hydrogens is 258 g/mol. The number of hydrogen-bond acceptors (Lipinski definition) is 4. The number of nitrogens with zero attached hydrogens (tertiary/aromatic N) is 2. The summed E-state index contributed by atoms with van der Waals surface area (Å²) in [5.41, 5.74) is 4.35. The maximum Gasteiger partial charge on any atom is 0.277 e. The molecule has 0 bridgehead atoms. The van der Waals surface area contributed by atoms with E-state index in [2.05, 4.69) is 23.3 Å². The van der Waals surface area contributed by atoms with E-state index in [0.717, 1.165) is 17.8 Å². The Labute approximate surface area is 116 Å². The molecule has 1 atom stereocenters. The van der Waals surface area contributed by atoms with Gasteiger partial charge >= 0.3 is 0 Å². The Morgan fingerprint density at radius 1 is 1.47 bits per heavy atom. The second kappa shape index (κ2) is 5.11. The number of anilines is 1. The zero-order valence-electron chi connectivity index (χ0n) is 10.7. The number of thiazole rings is 1. The number of amides is 1. The minimum Gasteiger partial charge on any atom is -0.308 e. The quantitative estimate of drug-likeness (QED) is 0.867. The Hall–Kier alpha value is -1.72. The monoisotopic (exact) mass is 273 g/mol. The number of fused-ring (bicyclic) bond motifs is 1. The van der Waals surface area contributed by atoms with Gasteiger partial charge in [-0.2, -0.15) is 0 Å². The summed E-state index contributed by atoms with van der Waals surface area (Å²) >= 11 is 1.44. The van der Waals surface area contributed by atoms with Crippen molar-refractivity contribution in [2.45, 2.75) is 19.5 Å². The minimum atomic E-state index is -0.0238. The highest BCUT2D eigenvalue weighted by atomic mass is 32.1. The van der Waals surface area contributed by atoms with Crippen LogP contribution in [-0.4, -0.2) is 23.5 Å². The van der Waals surface area contributed by atoms with Gasteiger partial charge in [0.25, 0.3) is 5.91 Å². The van der Waals surface area contributed by atoms with E-state index in [0.29, 0.717) is 12.2 Å². The van der Waals surface area contributed by atoms with Crippen LogP contribution in [0.4, 0.5) is 5.69 Å². The molecule has 0 aliphatic carbocycles. The first-order chi connectivity index (χ1) is 9.25. The van der Waals surface area contributed by atoms with Gasteiger partial charge in [-0.05, 0) is 18.6 Å². The van der Waals surface area contributed by atoms with E-state index < -0.39 is 0 Å². The average Bonchev–Trinajstić information content (AvgIpc) is 2.91. The first kappa shape index (κ1) is 12.3. The highest BCUT2D eigenvalue weighted by molar-refractivity contribution is 7.07. The third-order valence-electron chi connectivity index (χ3n) is 3.28. The lowest BCUT2D eigenvalue weighted by Gasteiger charge is -2.23. The van der Waals surface area contributed by atoms with Crippen LogP contribution in [0.5, 0.6) is 0 Å². The SMILES string of the molecule is CC1CN(C(=O)c2cscn2)c2ccccc2CN1. The van der Waals surface area contributed by atoms with Gasteiger partial charge in [-0.1, -0.05) is 18.2 Å². The Bertz CT molecular complexity index is 582. The van der Waals surface area contributed by atoms with Crippen molar-refractivity contribution < 1.29 is 4.79 Å². The van der Waals surface area contributed by atoms with Crippen LogP contribution in [0.2, 0.25) is 0 Å². The van der Waals surface area contributed by atoms with Crippen molar-refractivity contribution in [3.63, 3.8) is 0 Å². The first-order valence-corrected chi connectivity index (χ1v) is 7.21. The van der Waals surface area contributed by atoms with Crippen LogP contribution >= 0.6 is 11.3 Å². The lowest BCUT2D eigenvalue weighted by Crippen LogP contribution is -2.39. The molecular formula is C14H15N3OS. The summed E-state index contributed by atoms with van der Waals surface area (Å²) in [7, 11) is 0. The van der Waals surface area contributed by atoms with Gasteiger partial charge in [0.1, 0.15) is 5.69 Å². The van der Waals surface area contributed by atoms with Crippen LogP contribution in [0.25, 0.3) is 0 Å². The third-order valence-corrected chi connectivity index (χ3v) is 3.86. The molecule has 1 unspecified atom stereocenters. The van der Waals surface area contributed by atoms with Crippen molar-refractivity contribution in [1.29, 1.82) is 0 Å². The fourth-order valence-corrected chi connectivity index (χ4v) is 2.82. The van der Waals surface area contributed by atoms with Crippen molar-refractivity contribution in [3.8, 4) is 0 Å². The molecule has 1 aromatic carbocycles. The van der Waals surface area contributed by atoms with Crippen LogP contribution < -0.4 is 10.2 Å². The van der Waals surface area contributed by atoms with E-state index in [-0.39, 0.29) is 11.9 Å². The number of hydrogen-bond donors (Lipinski definition) is 1. The summed E-state index contributed by atoms with van der Waals surface area (Å²) in [5.74, 6) is -0.0238. The number of aromatic nitrogens is 1. The van der Waals surface area contributed by atoms with E-state index in [1.54, 1.807) is 10.9 Å². The molecule has 98 valence electrons. The van der Waals surface area contributed by atoms with Crippen molar-refractivity contribution in [2.24, 2.45) is 0 Å². The Balaban J connectivity index is 2.01. The van der Waals surface area contributed by atoms with Crippen LogP contribution in [0.1, 0.15) is 23.0 Å². The summed E-state index contributed by atoms with van der Waals surface area (Å²) in [4.78, 5) is 18.5. The van der Waals surface area contributed by atoms with Gasteiger partial charge in [-0.25, -0.2) is 4.98 Å². The maximum absolute atomic E-state index is 12.6. The normalized spacial score (nSPS) is 18.8. The van der Waals surface area contributed by atoms with E-state index >= 15 is 0 Å². The molecule has 1 aliphatic rings. The predicted molar refractivity (Wildman–Crippen MR) is 76.5 cm³/mol. The molecule has 1 amide bonds. The Morgan fingerprint density at radius 2 is 2.32 bits per heavy atom. The zero-order valence-corrected chi connectivity index (χ0v) is 11.5. The first-order valence-electron chi connectivity index (χ1n) is 6.27. The van der Waals surface area contributed by atoms with Gasteiger partial charge in [0.05, 0.1) is 5.51 Å². The Morgan fingerprint density at radius 3 is 3.11 bits per heavy atom. The standard InChI is InChI=1S/C14H15N3OS/c1-10-7-17(14(18)12-8-19-9-16-12)13-5-3-2-4-11(13)6-15-10/h2-5,8-10,15H,6-7H2,1H3. The second-order valence-corrected chi connectivity index (χ2v) is 5.42. The summed E-state index contributed by atoms with van der Waals surface area (Å²) in [6, 6.07) is 8.29. The van der Waals surface area contributed by atoms with Gasteiger partial charge in [0.15, 0.2) is 0 Å². The van der Waals surface area contributed by atoms with Crippen molar-refractivity contribution in [3.05, 3.63) is 46.4 Å². The number of carbonyl (C=O) groups excluding carboxylic acids is 1. The number of nitrogens with one attached hydrogen (secondary N) is 1. The molecule has 1 aliphatic heterocycles. The summed E-state index contributed by atoms with van der Waals surface area (Å²) < 4.78 is 0. The highest BCUT2D eigenvalue weighted by Gasteiger charge is 2.25. The molecule has 2 heterocycles. The largest absolute Gasteiger partial charge is 0.308 e. The lowest BCUT2D eigenvalue weighted by atomic mass is 10.1. The maximum atomic E-state index is 12.6. The predicted octanol–water partition coefficient (Wildman–Crippen LogP) is 2.28. The molecule has 5 heteroatoms. The van der Waals surface area contributed by atoms with Gasteiger partial charge in [0.2, 0.25) is 0 Å². The van der Waals surface area contributed by atoms with Crippen LogP contribution in [0.3, 0.4) is 0 Å². The molecule has 2 aromatic rings. The molecule has 4 nitrogen and oxygen atoms in total. The van der Waals surface area contributed by atoms with Gasteiger partial charge in [-0.15, -0.1) is 11.3 Å². The fourth-order valence-electron chi connectivity index (χ4n) is 2.29. The molecule has 0 radical (unpaired) electrons. The van der Waals surface area contributed by atoms with Crippen LogP contribution in [0, 0.1) is 0 Å². The third kappa shape index (κ3) is 2.39. The molecule has 1 N–H and O–H groups in total. The van der Waals surface area contributed by atoms with Gasteiger partial charge in [-0.3, -0.25) is 4.79 Å². The summed E-state index contributed by atoms with van der Waals surface area (Å²) in [6.45, 7) is 3.54. The van der Waals surface area contributed by atoms with Gasteiger partial charge in [0, 0.05) is 30.2 Å². The number of carbonyl (C=O) groups is 1. The topological polar surface area (TPSA) is 45.2 Å². The zero-order chi connectivity index (χ0) is 13.2. The molecule has 0 saturated heterocycles. The fraction of sp³-hybridized carbons (Fsp3) is 0.286. The molecule has 19 heavy (non-hydrogen) atoms. The summed E-state index contributed by atoms with van der Waals surface area (Å²) in [6.07, 6.45) is 0. The Kier molecular flexibility index (Phi) is 3.31. The van der Waals surface area contributed by atoms with E-state index in [1.165, 1.54) is 11.3 Å². The van der Waals surface area contributed by atoms with E-state index in [4.69, 9.17) is 0 Å². The van der Waals surface area contributed by atoms with Crippen molar-refractivity contribution >= 4 is 22.9 Å². The highest BCUT2D eigenvalue weighted by Crippen LogP contribution is 2.25. The molecule has 3 rings (SSSR count). The molecule has 0 saturated carbocycles. The van der Waals surface area contributed by atoms with Crippen molar-refractivity contribution in [1.82, 2.24) is 10.3 Å².